The molecule has 2 N–H and O–H groups in total. The Kier molecular flexibility index (Phi) is 3.62. The van der Waals surface area contributed by atoms with Gasteiger partial charge in [-0.05, 0) is 30.8 Å². The number of nitrogens with zero attached hydrogens (tertiary/aromatic N) is 3. The number of halogens is 1. The summed E-state index contributed by atoms with van der Waals surface area (Å²) in [6.07, 6.45) is 3.67. The van der Waals surface area contributed by atoms with E-state index in [4.69, 9.17) is 5.73 Å². The number of aryl methyl sites for hydroxylation is 1. The predicted molar refractivity (Wildman–Crippen MR) is 69.2 cm³/mol. The third kappa shape index (κ3) is 3.07. The molecule has 96 valence electrons. The van der Waals surface area contributed by atoms with E-state index in [1.165, 1.54) is 12.1 Å². The Labute approximate surface area is 106 Å². The van der Waals surface area contributed by atoms with Crippen LogP contribution in [0, 0.1) is 5.82 Å². The Morgan fingerprint density at radius 3 is 2.72 bits per heavy atom. The number of hydrogen-bond acceptors (Lipinski definition) is 3. The second-order valence-corrected chi connectivity index (χ2v) is 4.52. The predicted octanol–water partition coefficient (Wildman–Crippen LogP) is 1.77. The fourth-order valence-corrected chi connectivity index (χ4v) is 1.92. The van der Waals surface area contributed by atoms with Crippen LogP contribution in [0.5, 0.6) is 0 Å². The van der Waals surface area contributed by atoms with Gasteiger partial charge in [-0.1, -0.05) is 0 Å². The van der Waals surface area contributed by atoms with Gasteiger partial charge in [-0.25, -0.2) is 9.37 Å². The first-order valence-corrected chi connectivity index (χ1v) is 5.74. The zero-order valence-corrected chi connectivity index (χ0v) is 10.6. The van der Waals surface area contributed by atoms with Crippen molar-refractivity contribution >= 4 is 5.69 Å². The third-order valence-corrected chi connectivity index (χ3v) is 2.76. The van der Waals surface area contributed by atoms with Crippen LogP contribution in [0.1, 0.15) is 11.4 Å². The summed E-state index contributed by atoms with van der Waals surface area (Å²) in [6.45, 7) is 1.34. The van der Waals surface area contributed by atoms with Crippen molar-refractivity contribution in [1.82, 2.24) is 14.5 Å². The smallest absolute Gasteiger partial charge is 0.125 e. The van der Waals surface area contributed by atoms with E-state index in [1.54, 1.807) is 12.3 Å². The molecule has 0 amide bonds. The molecule has 0 aliphatic rings. The molecule has 0 saturated heterocycles. The molecule has 18 heavy (non-hydrogen) atoms. The summed E-state index contributed by atoms with van der Waals surface area (Å²) in [4.78, 5) is 6.32. The molecule has 4 nitrogen and oxygen atoms in total. The van der Waals surface area contributed by atoms with Gasteiger partial charge >= 0.3 is 0 Å². The monoisotopic (exact) mass is 248 g/mol. The van der Waals surface area contributed by atoms with Gasteiger partial charge in [0.25, 0.3) is 0 Å². The van der Waals surface area contributed by atoms with E-state index in [1.807, 2.05) is 24.9 Å². The third-order valence-electron chi connectivity index (χ3n) is 2.76. The minimum absolute atomic E-state index is 0.296. The number of benzene rings is 1. The van der Waals surface area contributed by atoms with Crippen molar-refractivity contribution in [3.63, 3.8) is 0 Å². The zero-order chi connectivity index (χ0) is 13.1. The first-order chi connectivity index (χ1) is 8.54. The molecule has 0 aliphatic carbocycles. The summed E-state index contributed by atoms with van der Waals surface area (Å²) in [6, 6.07) is 4.62. The lowest BCUT2D eigenvalue weighted by Gasteiger charge is -2.16. The van der Waals surface area contributed by atoms with Crippen LogP contribution < -0.4 is 5.73 Å². The molecule has 0 atom stereocenters. The lowest BCUT2D eigenvalue weighted by atomic mass is 10.2. The molecule has 0 unspecified atom stereocenters. The maximum absolute atomic E-state index is 13.2. The van der Waals surface area contributed by atoms with E-state index in [2.05, 4.69) is 9.88 Å². The Bertz CT molecular complexity index is 515. The second kappa shape index (κ2) is 5.18. The molecular weight excluding hydrogens is 231 g/mol. The lowest BCUT2D eigenvalue weighted by Crippen LogP contribution is -2.19. The molecule has 2 rings (SSSR count). The van der Waals surface area contributed by atoms with Crippen molar-refractivity contribution in [3.8, 4) is 0 Å². The van der Waals surface area contributed by atoms with Crippen molar-refractivity contribution in [2.24, 2.45) is 7.05 Å². The average molecular weight is 248 g/mol. The van der Waals surface area contributed by atoms with E-state index in [-0.39, 0.29) is 5.82 Å². The summed E-state index contributed by atoms with van der Waals surface area (Å²) in [5.74, 6) is 0.678. The van der Waals surface area contributed by atoms with Gasteiger partial charge in [0.2, 0.25) is 0 Å². The van der Waals surface area contributed by atoms with Crippen LogP contribution in [0.25, 0.3) is 0 Å². The van der Waals surface area contributed by atoms with E-state index >= 15 is 0 Å². The Hall–Kier alpha value is -1.88. The fraction of sp³-hybridized carbons (Fsp3) is 0.308. The molecule has 0 fully saturated rings. The number of nitrogens with two attached hydrogens (primary N) is 1. The van der Waals surface area contributed by atoms with Crippen molar-refractivity contribution in [1.29, 1.82) is 0 Å². The molecule has 1 aromatic carbocycles. The minimum atomic E-state index is -0.296. The van der Waals surface area contributed by atoms with Crippen LogP contribution in [0.2, 0.25) is 0 Å². The van der Waals surface area contributed by atoms with Gasteiger partial charge in [0, 0.05) is 31.7 Å². The molecule has 5 heteroatoms. The van der Waals surface area contributed by atoms with E-state index in [9.17, 15) is 4.39 Å². The van der Waals surface area contributed by atoms with Gasteiger partial charge in [-0.2, -0.15) is 0 Å². The fourth-order valence-electron chi connectivity index (χ4n) is 1.92. The van der Waals surface area contributed by atoms with Gasteiger partial charge in [0.15, 0.2) is 0 Å². The largest absolute Gasteiger partial charge is 0.399 e. The summed E-state index contributed by atoms with van der Waals surface area (Å²) >= 11 is 0. The lowest BCUT2D eigenvalue weighted by molar-refractivity contribution is 0.306. The molecule has 2 aromatic rings. The van der Waals surface area contributed by atoms with Gasteiger partial charge in [-0.3, -0.25) is 4.90 Å². The zero-order valence-electron chi connectivity index (χ0n) is 10.6. The topological polar surface area (TPSA) is 47.1 Å². The standard InChI is InChI=1S/C13H17FN4/c1-17(9-13-16-3-4-18(13)2)8-10-5-11(14)7-12(15)6-10/h3-7H,8-9,15H2,1-2H3. The molecule has 0 aliphatic heterocycles. The summed E-state index contributed by atoms with van der Waals surface area (Å²) in [5.41, 5.74) is 6.94. The molecule has 1 aromatic heterocycles. The first-order valence-electron chi connectivity index (χ1n) is 5.74. The number of nitrogen functional groups attached to an aromatic ring is 1. The molecule has 0 saturated carbocycles. The van der Waals surface area contributed by atoms with E-state index in [0.29, 0.717) is 18.8 Å². The summed E-state index contributed by atoms with van der Waals surface area (Å²) in [5, 5.41) is 0. The maximum atomic E-state index is 13.2. The van der Waals surface area contributed by atoms with E-state index < -0.39 is 0 Å². The van der Waals surface area contributed by atoms with Crippen molar-refractivity contribution in [2.75, 3.05) is 12.8 Å². The number of aromatic nitrogens is 2. The van der Waals surface area contributed by atoms with Crippen LogP contribution in [0.3, 0.4) is 0 Å². The second-order valence-electron chi connectivity index (χ2n) is 4.52. The van der Waals surface area contributed by atoms with Crippen molar-refractivity contribution in [2.45, 2.75) is 13.1 Å². The molecule has 0 spiro atoms. The van der Waals surface area contributed by atoms with Crippen LogP contribution >= 0.6 is 0 Å². The van der Waals surface area contributed by atoms with Gasteiger partial charge < -0.3 is 10.3 Å². The number of imidazole rings is 1. The number of anilines is 1. The maximum Gasteiger partial charge on any atom is 0.125 e. The number of rotatable bonds is 4. The molecule has 0 bridgehead atoms. The number of hydrogen-bond donors (Lipinski definition) is 1. The quantitative estimate of drug-likeness (QED) is 0.839. The first kappa shape index (κ1) is 12.6. The molecule has 1 heterocycles. The molecule has 0 radical (unpaired) electrons. The highest BCUT2D eigenvalue weighted by atomic mass is 19.1. The molecular formula is C13H17FN4. The minimum Gasteiger partial charge on any atom is -0.399 e. The SMILES string of the molecule is CN(Cc1cc(N)cc(F)c1)Cc1nccn1C. The van der Waals surface area contributed by atoms with E-state index in [0.717, 1.165) is 11.4 Å². The van der Waals surface area contributed by atoms with Crippen LogP contribution in [0.15, 0.2) is 30.6 Å². The van der Waals surface area contributed by atoms with Gasteiger partial charge in [0.05, 0.1) is 6.54 Å². The highest BCUT2D eigenvalue weighted by molar-refractivity contribution is 5.41. The Morgan fingerprint density at radius 2 is 2.11 bits per heavy atom. The Morgan fingerprint density at radius 1 is 1.33 bits per heavy atom. The van der Waals surface area contributed by atoms with Crippen LogP contribution in [-0.2, 0) is 20.1 Å². The summed E-state index contributed by atoms with van der Waals surface area (Å²) < 4.78 is 15.2. The normalized spacial score (nSPS) is 11.1. The average Bonchev–Trinajstić information content (AvgIpc) is 2.62. The van der Waals surface area contributed by atoms with Crippen molar-refractivity contribution in [3.05, 3.63) is 47.8 Å². The van der Waals surface area contributed by atoms with Crippen molar-refractivity contribution < 1.29 is 4.39 Å². The highest BCUT2D eigenvalue weighted by Crippen LogP contribution is 2.13. The van der Waals surface area contributed by atoms with Crippen LogP contribution in [0.4, 0.5) is 10.1 Å². The Balaban J connectivity index is 2.03. The highest BCUT2D eigenvalue weighted by Gasteiger charge is 2.06. The van der Waals surface area contributed by atoms with Gasteiger partial charge in [0.1, 0.15) is 11.6 Å². The van der Waals surface area contributed by atoms with Gasteiger partial charge in [-0.15, -0.1) is 0 Å². The summed E-state index contributed by atoms with van der Waals surface area (Å²) in [7, 11) is 3.92. The van der Waals surface area contributed by atoms with Crippen LogP contribution in [-0.4, -0.2) is 21.5 Å².